The third-order valence-corrected chi connectivity index (χ3v) is 4.68. The van der Waals surface area contributed by atoms with E-state index in [1.165, 1.54) is 4.57 Å². The van der Waals surface area contributed by atoms with Gasteiger partial charge in [0.2, 0.25) is 0 Å². The van der Waals surface area contributed by atoms with E-state index in [2.05, 4.69) is 21.8 Å². The molecule has 0 bridgehead atoms. The number of ether oxygens (including phenoxy) is 1. The van der Waals surface area contributed by atoms with Crippen molar-refractivity contribution in [2.45, 2.75) is 19.9 Å². The summed E-state index contributed by atoms with van der Waals surface area (Å²) in [6, 6.07) is 3.30. The number of hydrogen-bond acceptors (Lipinski definition) is 6. The van der Waals surface area contributed by atoms with Crippen molar-refractivity contribution in [1.29, 1.82) is 0 Å². The molecule has 8 heteroatoms. The summed E-state index contributed by atoms with van der Waals surface area (Å²) in [4.78, 5) is 32.0. The Kier molecular flexibility index (Phi) is 5.88. The number of rotatable bonds is 6. The number of morpholine rings is 1. The molecule has 27 heavy (non-hydrogen) atoms. The first-order chi connectivity index (χ1) is 13.0. The molecule has 1 aliphatic heterocycles. The SMILES string of the molecule is C=C(CC)NC(=O)c1c(O)c2cccnc2n(CCN2CCOCC2)c1=O. The molecule has 3 heterocycles. The lowest BCUT2D eigenvalue weighted by Gasteiger charge is -2.27. The Morgan fingerprint density at radius 1 is 1.37 bits per heavy atom. The van der Waals surface area contributed by atoms with Crippen molar-refractivity contribution in [2.24, 2.45) is 0 Å². The van der Waals surface area contributed by atoms with Gasteiger partial charge in [-0.2, -0.15) is 0 Å². The molecule has 0 saturated carbocycles. The molecule has 0 aromatic carbocycles. The number of pyridine rings is 2. The maximum Gasteiger partial charge on any atom is 0.268 e. The van der Waals surface area contributed by atoms with E-state index in [0.29, 0.717) is 49.5 Å². The minimum Gasteiger partial charge on any atom is -0.506 e. The minimum atomic E-state index is -0.657. The molecule has 1 fully saturated rings. The van der Waals surface area contributed by atoms with Crippen LogP contribution in [0.4, 0.5) is 0 Å². The van der Waals surface area contributed by atoms with Crippen LogP contribution in [0.15, 0.2) is 35.4 Å². The first-order valence-electron chi connectivity index (χ1n) is 9.02. The van der Waals surface area contributed by atoms with E-state index in [4.69, 9.17) is 4.74 Å². The van der Waals surface area contributed by atoms with Crippen molar-refractivity contribution >= 4 is 16.9 Å². The summed E-state index contributed by atoms with van der Waals surface area (Å²) < 4.78 is 6.80. The molecule has 2 aromatic heterocycles. The molecular weight excluding hydrogens is 348 g/mol. The predicted molar refractivity (Wildman–Crippen MR) is 102 cm³/mol. The number of aromatic hydroxyl groups is 1. The van der Waals surface area contributed by atoms with Crippen molar-refractivity contribution in [3.63, 3.8) is 0 Å². The highest BCUT2D eigenvalue weighted by Crippen LogP contribution is 2.25. The number of nitrogens with zero attached hydrogens (tertiary/aromatic N) is 3. The Hall–Kier alpha value is -2.71. The van der Waals surface area contributed by atoms with Gasteiger partial charge in [-0.3, -0.25) is 19.1 Å². The topological polar surface area (TPSA) is 96.7 Å². The quantitative estimate of drug-likeness (QED) is 0.788. The van der Waals surface area contributed by atoms with Gasteiger partial charge in [-0.25, -0.2) is 4.98 Å². The molecule has 2 N–H and O–H groups in total. The van der Waals surface area contributed by atoms with E-state index < -0.39 is 11.5 Å². The molecule has 0 atom stereocenters. The van der Waals surface area contributed by atoms with Crippen molar-refractivity contribution < 1.29 is 14.6 Å². The van der Waals surface area contributed by atoms with Crippen LogP contribution in [0.2, 0.25) is 0 Å². The first kappa shape index (κ1) is 19.1. The van der Waals surface area contributed by atoms with E-state index >= 15 is 0 Å². The number of hydrogen-bond donors (Lipinski definition) is 2. The molecule has 1 amide bonds. The van der Waals surface area contributed by atoms with Crippen LogP contribution in [0.1, 0.15) is 23.7 Å². The largest absolute Gasteiger partial charge is 0.506 e. The standard InChI is InChI=1S/C19H24N4O4/c1-3-13(2)21-18(25)15-16(24)14-5-4-6-20-17(14)23(19(15)26)8-7-22-9-11-27-12-10-22/h4-6,24H,2-3,7-12H2,1H3,(H,21,25). The molecule has 144 valence electrons. The van der Waals surface area contributed by atoms with Gasteiger partial charge in [0.1, 0.15) is 17.0 Å². The fourth-order valence-electron chi connectivity index (χ4n) is 3.05. The van der Waals surface area contributed by atoms with E-state index in [9.17, 15) is 14.7 Å². The maximum atomic E-state index is 13.0. The summed E-state index contributed by atoms with van der Waals surface area (Å²) >= 11 is 0. The van der Waals surface area contributed by atoms with Gasteiger partial charge in [-0.05, 0) is 18.6 Å². The molecule has 1 aliphatic rings. The van der Waals surface area contributed by atoms with Gasteiger partial charge in [0.05, 0.1) is 18.6 Å². The van der Waals surface area contributed by atoms with E-state index in [1.54, 1.807) is 18.3 Å². The smallest absolute Gasteiger partial charge is 0.268 e. The van der Waals surface area contributed by atoms with Crippen LogP contribution < -0.4 is 10.9 Å². The zero-order valence-electron chi connectivity index (χ0n) is 15.4. The zero-order chi connectivity index (χ0) is 19.4. The molecule has 0 spiro atoms. The molecule has 2 aromatic rings. The molecule has 1 saturated heterocycles. The Balaban J connectivity index is 2.01. The first-order valence-corrected chi connectivity index (χ1v) is 9.02. The van der Waals surface area contributed by atoms with E-state index in [-0.39, 0.29) is 11.3 Å². The molecule has 3 rings (SSSR count). The Labute approximate surface area is 157 Å². The molecule has 0 radical (unpaired) electrons. The summed E-state index contributed by atoms with van der Waals surface area (Å²) in [5, 5.41) is 13.5. The second-order valence-electron chi connectivity index (χ2n) is 6.42. The van der Waals surface area contributed by atoms with Crippen LogP contribution in [0, 0.1) is 0 Å². The minimum absolute atomic E-state index is 0.285. The summed E-state index contributed by atoms with van der Waals surface area (Å²) in [6.45, 7) is 9.47. The number of allylic oxidation sites excluding steroid dienone is 1. The average Bonchev–Trinajstić information content (AvgIpc) is 2.68. The van der Waals surface area contributed by atoms with Crippen molar-refractivity contribution in [3.8, 4) is 5.75 Å². The van der Waals surface area contributed by atoms with Crippen LogP contribution in [-0.2, 0) is 11.3 Å². The molecular formula is C19H24N4O4. The number of carbonyl (C=O) groups is 1. The number of amides is 1. The highest BCUT2D eigenvalue weighted by Gasteiger charge is 2.23. The highest BCUT2D eigenvalue weighted by molar-refractivity contribution is 6.02. The van der Waals surface area contributed by atoms with Gasteiger partial charge in [-0.15, -0.1) is 0 Å². The Morgan fingerprint density at radius 2 is 2.11 bits per heavy atom. The van der Waals surface area contributed by atoms with Crippen LogP contribution in [0.25, 0.3) is 11.0 Å². The second kappa shape index (κ2) is 8.32. The van der Waals surface area contributed by atoms with Crippen LogP contribution in [0.5, 0.6) is 5.75 Å². The van der Waals surface area contributed by atoms with Crippen molar-refractivity contribution in [2.75, 3.05) is 32.8 Å². The monoisotopic (exact) mass is 372 g/mol. The summed E-state index contributed by atoms with van der Waals surface area (Å²) in [6.07, 6.45) is 2.10. The molecule has 0 unspecified atom stereocenters. The third kappa shape index (κ3) is 4.01. The van der Waals surface area contributed by atoms with Gasteiger partial charge < -0.3 is 15.2 Å². The number of fused-ring (bicyclic) bond motifs is 1. The average molecular weight is 372 g/mol. The Bertz CT molecular complexity index is 916. The number of carbonyl (C=O) groups excluding carboxylic acids is 1. The number of nitrogens with one attached hydrogen (secondary N) is 1. The van der Waals surface area contributed by atoms with Crippen LogP contribution >= 0.6 is 0 Å². The van der Waals surface area contributed by atoms with Gasteiger partial charge in [-0.1, -0.05) is 13.5 Å². The van der Waals surface area contributed by atoms with Gasteiger partial charge in [0.25, 0.3) is 11.5 Å². The lowest BCUT2D eigenvalue weighted by atomic mass is 10.1. The third-order valence-electron chi connectivity index (χ3n) is 4.68. The second-order valence-corrected chi connectivity index (χ2v) is 6.42. The van der Waals surface area contributed by atoms with Gasteiger partial charge in [0.15, 0.2) is 0 Å². The molecule has 8 nitrogen and oxygen atoms in total. The predicted octanol–water partition coefficient (Wildman–Crippen LogP) is 1.09. The summed E-state index contributed by atoms with van der Waals surface area (Å²) in [7, 11) is 0. The zero-order valence-corrected chi connectivity index (χ0v) is 15.4. The van der Waals surface area contributed by atoms with Gasteiger partial charge >= 0.3 is 0 Å². The van der Waals surface area contributed by atoms with Crippen LogP contribution in [0.3, 0.4) is 0 Å². The maximum absolute atomic E-state index is 13.0. The fraction of sp³-hybridized carbons (Fsp3) is 0.421. The van der Waals surface area contributed by atoms with Crippen LogP contribution in [-0.4, -0.2) is 58.3 Å². The fourth-order valence-corrected chi connectivity index (χ4v) is 3.05. The van der Waals surface area contributed by atoms with E-state index in [1.807, 2.05) is 6.92 Å². The lowest BCUT2D eigenvalue weighted by molar-refractivity contribution is 0.0364. The number of aromatic nitrogens is 2. The van der Waals surface area contributed by atoms with Crippen molar-refractivity contribution in [1.82, 2.24) is 19.8 Å². The molecule has 0 aliphatic carbocycles. The highest BCUT2D eigenvalue weighted by atomic mass is 16.5. The van der Waals surface area contributed by atoms with Crippen molar-refractivity contribution in [3.05, 3.63) is 46.5 Å². The summed E-state index contributed by atoms with van der Waals surface area (Å²) in [5.74, 6) is -1.01. The normalized spacial score (nSPS) is 15.0. The van der Waals surface area contributed by atoms with E-state index in [0.717, 1.165) is 13.1 Å². The van der Waals surface area contributed by atoms with Gasteiger partial charge in [0, 0.05) is 38.1 Å². The lowest BCUT2D eigenvalue weighted by Crippen LogP contribution is -2.40. The Morgan fingerprint density at radius 3 is 2.81 bits per heavy atom. The summed E-state index contributed by atoms with van der Waals surface area (Å²) in [5.41, 5.74) is -0.00971.